The maximum absolute atomic E-state index is 14.5. The Labute approximate surface area is 206 Å². The van der Waals surface area contributed by atoms with Crippen LogP contribution in [0.3, 0.4) is 0 Å². The smallest absolute Gasteiger partial charge is 0.322 e. The highest BCUT2D eigenvalue weighted by atomic mass is 19.1. The average molecular weight is 483 g/mol. The highest BCUT2D eigenvalue weighted by molar-refractivity contribution is 5.93. The van der Waals surface area contributed by atoms with E-state index in [-0.39, 0.29) is 17.1 Å². The summed E-state index contributed by atoms with van der Waals surface area (Å²) in [6.45, 7) is 1.93. The van der Waals surface area contributed by atoms with E-state index in [0.29, 0.717) is 22.3 Å². The molecule has 4 aromatic rings. The molecule has 178 valence electrons. The van der Waals surface area contributed by atoms with Crippen LogP contribution in [0.25, 0.3) is 22.3 Å². The maximum atomic E-state index is 14.5. The summed E-state index contributed by atoms with van der Waals surface area (Å²) in [5, 5.41) is 8.87. The summed E-state index contributed by atoms with van der Waals surface area (Å²) >= 11 is 0. The Hall–Kier alpha value is -4.83. The van der Waals surface area contributed by atoms with Gasteiger partial charge in [0.15, 0.2) is 0 Å². The minimum atomic E-state index is -0.956. The van der Waals surface area contributed by atoms with Gasteiger partial charge in [0.1, 0.15) is 29.6 Å². The lowest BCUT2D eigenvalue weighted by atomic mass is 10.0. The number of aryl methyl sites for hydroxylation is 1. The van der Waals surface area contributed by atoms with Crippen molar-refractivity contribution in [3.05, 3.63) is 108 Å². The van der Waals surface area contributed by atoms with Crippen LogP contribution in [0.15, 0.2) is 84.9 Å². The fourth-order valence-electron chi connectivity index (χ4n) is 3.50. The van der Waals surface area contributed by atoms with Crippen molar-refractivity contribution < 1.29 is 27.8 Å². The summed E-state index contributed by atoms with van der Waals surface area (Å²) < 4.78 is 39.2. The number of hydrogen-bond acceptors (Lipinski definition) is 5. The van der Waals surface area contributed by atoms with Gasteiger partial charge in [-0.15, -0.1) is 0 Å². The number of hydrogen-bond donors (Lipinski definition) is 0. The SMILES string of the molecule is Cc1ccc(-c2ccc(OC(=O)CC(=O)Oc3ccc(-c4ccc(C#N)cc4)c(F)c3)cc2F)cc1. The van der Waals surface area contributed by atoms with E-state index in [9.17, 15) is 18.4 Å². The summed E-state index contributed by atoms with van der Waals surface area (Å²) in [6, 6.07) is 23.4. The van der Waals surface area contributed by atoms with Crippen molar-refractivity contribution in [1.82, 2.24) is 0 Å². The second kappa shape index (κ2) is 10.6. The van der Waals surface area contributed by atoms with Gasteiger partial charge in [0.2, 0.25) is 0 Å². The van der Waals surface area contributed by atoms with E-state index >= 15 is 0 Å². The Morgan fingerprint density at radius 3 is 1.58 bits per heavy atom. The molecule has 36 heavy (non-hydrogen) atoms. The van der Waals surface area contributed by atoms with E-state index in [4.69, 9.17) is 14.7 Å². The number of carbonyl (C=O) groups is 2. The zero-order valence-electron chi connectivity index (χ0n) is 19.1. The third kappa shape index (κ3) is 5.80. The molecule has 7 heteroatoms. The van der Waals surface area contributed by atoms with E-state index in [2.05, 4.69) is 0 Å². The summed E-state index contributed by atoms with van der Waals surface area (Å²) in [4.78, 5) is 24.3. The molecule has 0 saturated heterocycles. The standard InChI is InChI=1S/C29H19F2NO4/c1-18-2-6-20(7-3-18)24-12-10-22(14-26(24)30)35-28(33)16-29(34)36-23-11-13-25(27(31)15-23)21-8-4-19(17-32)5-9-21/h2-15H,16H2,1H3. The highest BCUT2D eigenvalue weighted by Crippen LogP contribution is 2.28. The van der Waals surface area contributed by atoms with Gasteiger partial charge < -0.3 is 9.47 Å². The van der Waals surface area contributed by atoms with Gasteiger partial charge in [0, 0.05) is 23.3 Å². The first kappa shape index (κ1) is 24.3. The Bertz CT molecular complexity index is 1470. The molecule has 0 unspecified atom stereocenters. The molecule has 0 bridgehead atoms. The molecule has 4 aromatic carbocycles. The van der Waals surface area contributed by atoms with E-state index in [1.807, 2.05) is 25.1 Å². The van der Waals surface area contributed by atoms with Gasteiger partial charge in [0.05, 0.1) is 11.6 Å². The molecule has 0 amide bonds. The van der Waals surface area contributed by atoms with Crippen LogP contribution >= 0.6 is 0 Å². The topological polar surface area (TPSA) is 76.4 Å². The summed E-state index contributed by atoms with van der Waals surface area (Å²) in [5.41, 5.74) is 3.32. The Balaban J connectivity index is 1.36. The third-order valence-electron chi connectivity index (χ3n) is 5.32. The van der Waals surface area contributed by atoms with Crippen molar-refractivity contribution in [2.45, 2.75) is 13.3 Å². The molecule has 0 aliphatic heterocycles. The van der Waals surface area contributed by atoms with Crippen LogP contribution in [0, 0.1) is 29.9 Å². The number of nitrogens with zero attached hydrogens (tertiary/aromatic N) is 1. The lowest BCUT2D eigenvalue weighted by Gasteiger charge is -2.09. The van der Waals surface area contributed by atoms with E-state index < -0.39 is 30.0 Å². The second-order valence-corrected chi connectivity index (χ2v) is 7.96. The summed E-state index contributed by atoms with van der Waals surface area (Å²) in [6.07, 6.45) is -0.750. The normalized spacial score (nSPS) is 10.4. The first-order chi connectivity index (χ1) is 17.3. The molecule has 0 spiro atoms. The first-order valence-electron chi connectivity index (χ1n) is 10.9. The summed E-state index contributed by atoms with van der Waals surface area (Å²) in [5.74, 6) is -3.27. The number of halogens is 2. The highest BCUT2D eigenvalue weighted by Gasteiger charge is 2.16. The number of rotatable bonds is 6. The predicted octanol–water partition coefficient (Wildman–Crippen LogP) is 6.38. The molecule has 0 atom stereocenters. The lowest BCUT2D eigenvalue weighted by molar-refractivity contribution is -0.144. The number of benzene rings is 4. The lowest BCUT2D eigenvalue weighted by Crippen LogP contribution is -2.18. The fourth-order valence-corrected chi connectivity index (χ4v) is 3.50. The first-order valence-corrected chi connectivity index (χ1v) is 10.9. The third-order valence-corrected chi connectivity index (χ3v) is 5.32. The monoisotopic (exact) mass is 483 g/mol. The van der Waals surface area contributed by atoms with Crippen LogP contribution < -0.4 is 9.47 Å². The fraction of sp³-hybridized carbons (Fsp3) is 0.0690. The molecule has 0 aliphatic rings. The molecular formula is C29H19F2NO4. The molecule has 0 N–H and O–H groups in total. The number of carbonyl (C=O) groups excluding carboxylic acids is 2. The second-order valence-electron chi connectivity index (χ2n) is 7.96. The van der Waals surface area contributed by atoms with Gasteiger partial charge in [-0.1, -0.05) is 42.0 Å². The average Bonchev–Trinajstić information content (AvgIpc) is 2.85. The van der Waals surface area contributed by atoms with Gasteiger partial charge in [-0.3, -0.25) is 9.59 Å². The van der Waals surface area contributed by atoms with Crippen molar-refractivity contribution >= 4 is 11.9 Å². The minimum Gasteiger partial charge on any atom is -0.426 e. The molecular weight excluding hydrogens is 464 g/mol. The van der Waals surface area contributed by atoms with Gasteiger partial charge in [-0.05, 0) is 54.4 Å². The molecule has 5 nitrogen and oxygen atoms in total. The molecule has 0 aromatic heterocycles. The van der Waals surface area contributed by atoms with Crippen LogP contribution in [0.4, 0.5) is 8.78 Å². The van der Waals surface area contributed by atoms with Crippen LogP contribution in [-0.4, -0.2) is 11.9 Å². The van der Waals surface area contributed by atoms with Gasteiger partial charge >= 0.3 is 11.9 Å². The molecule has 0 heterocycles. The van der Waals surface area contributed by atoms with Crippen molar-refractivity contribution in [2.24, 2.45) is 0 Å². The zero-order chi connectivity index (χ0) is 25.7. The Morgan fingerprint density at radius 1 is 0.722 bits per heavy atom. The van der Waals surface area contributed by atoms with Crippen LogP contribution in [0.5, 0.6) is 11.5 Å². The van der Waals surface area contributed by atoms with Gasteiger partial charge in [-0.25, -0.2) is 8.78 Å². The number of ether oxygens (including phenoxy) is 2. The molecule has 0 aliphatic carbocycles. The van der Waals surface area contributed by atoms with Crippen molar-refractivity contribution in [2.75, 3.05) is 0 Å². The minimum absolute atomic E-state index is 0.0565. The van der Waals surface area contributed by atoms with E-state index in [1.165, 1.54) is 24.3 Å². The quantitative estimate of drug-likeness (QED) is 0.181. The van der Waals surface area contributed by atoms with Crippen LogP contribution in [0.1, 0.15) is 17.5 Å². The predicted molar refractivity (Wildman–Crippen MR) is 129 cm³/mol. The molecule has 0 radical (unpaired) electrons. The van der Waals surface area contributed by atoms with Crippen LogP contribution in [-0.2, 0) is 9.59 Å². The Morgan fingerprint density at radius 2 is 1.17 bits per heavy atom. The zero-order valence-corrected chi connectivity index (χ0v) is 19.1. The molecule has 4 rings (SSSR count). The van der Waals surface area contributed by atoms with Crippen LogP contribution in [0.2, 0.25) is 0 Å². The number of nitriles is 1. The van der Waals surface area contributed by atoms with Crippen molar-refractivity contribution in [1.29, 1.82) is 5.26 Å². The maximum Gasteiger partial charge on any atom is 0.322 e. The number of esters is 2. The van der Waals surface area contributed by atoms with E-state index in [1.54, 1.807) is 36.4 Å². The molecule has 0 saturated carbocycles. The van der Waals surface area contributed by atoms with Gasteiger partial charge in [0.25, 0.3) is 0 Å². The van der Waals surface area contributed by atoms with Gasteiger partial charge in [-0.2, -0.15) is 5.26 Å². The van der Waals surface area contributed by atoms with Crippen molar-refractivity contribution in [3.63, 3.8) is 0 Å². The summed E-state index contributed by atoms with van der Waals surface area (Å²) in [7, 11) is 0. The van der Waals surface area contributed by atoms with E-state index in [0.717, 1.165) is 17.7 Å². The largest absolute Gasteiger partial charge is 0.426 e. The van der Waals surface area contributed by atoms with Crippen molar-refractivity contribution in [3.8, 4) is 39.8 Å². The Kier molecular flexibility index (Phi) is 7.17. The molecule has 0 fully saturated rings.